The summed E-state index contributed by atoms with van der Waals surface area (Å²) in [5, 5.41) is 7.94. The first kappa shape index (κ1) is 27.0. The Balaban J connectivity index is 1.65. The number of methoxy groups -OCH3 is 1. The van der Waals surface area contributed by atoms with Crippen LogP contribution in [-0.4, -0.2) is 31.2 Å². The van der Waals surface area contributed by atoms with Gasteiger partial charge in [-0.25, -0.2) is 5.43 Å². The average Bonchev–Trinajstić information content (AvgIpc) is 2.86. The molecule has 0 spiro atoms. The van der Waals surface area contributed by atoms with Crippen LogP contribution in [0.2, 0.25) is 10.0 Å². The topological polar surface area (TPSA) is 89.0 Å². The average molecular weight is 528 g/mol. The van der Waals surface area contributed by atoms with E-state index < -0.39 is 11.9 Å². The van der Waals surface area contributed by atoms with Gasteiger partial charge < -0.3 is 14.8 Å². The van der Waals surface area contributed by atoms with Crippen molar-refractivity contribution in [3.05, 3.63) is 93.5 Å². The van der Waals surface area contributed by atoms with E-state index in [2.05, 4.69) is 15.8 Å². The van der Waals surface area contributed by atoms with Crippen LogP contribution in [0.25, 0.3) is 0 Å². The molecule has 0 aliphatic heterocycles. The highest BCUT2D eigenvalue weighted by Crippen LogP contribution is 2.23. The molecule has 2 amide bonds. The Bertz CT molecular complexity index is 1230. The van der Waals surface area contributed by atoms with Crippen LogP contribution in [0.5, 0.6) is 11.5 Å². The second kappa shape index (κ2) is 13.0. The summed E-state index contributed by atoms with van der Waals surface area (Å²) in [5.74, 6) is 0.167. The summed E-state index contributed by atoms with van der Waals surface area (Å²) in [6, 6.07) is 18.3. The lowest BCUT2D eigenvalue weighted by molar-refractivity contribution is -0.123. The number of nitrogens with one attached hydrogen (secondary N) is 2. The summed E-state index contributed by atoms with van der Waals surface area (Å²) < 4.78 is 11.0. The van der Waals surface area contributed by atoms with Gasteiger partial charge in [-0.2, -0.15) is 5.10 Å². The first-order valence-corrected chi connectivity index (χ1v) is 12.0. The number of carbonyl (C=O) groups excluding carboxylic acids is 2. The zero-order valence-electron chi connectivity index (χ0n) is 20.1. The molecule has 3 aromatic carbocycles. The Labute approximate surface area is 220 Å². The number of nitrogens with zero attached hydrogens (tertiary/aromatic N) is 1. The van der Waals surface area contributed by atoms with Gasteiger partial charge in [0.25, 0.3) is 11.8 Å². The molecule has 1 atom stereocenters. The molecule has 0 radical (unpaired) electrons. The highest BCUT2D eigenvalue weighted by Gasteiger charge is 2.24. The van der Waals surface area contributed by atoms with Crippen molar-refractivity contribution in [1.82, 2.24) is 10.7 Å². The molecule has 0 aliphatic carbocycles. The van der Waals surface area contributed by atoms with Gasteiger partial charge in [0.1, 0.15) is 24.1 Å². The third-order valence-corrected chi connectivity index (χ3v) is 5.69. The second-order valence-electron chi connectivity index (χ2n) is 8.26. The van der Waals surface area contributed by atoms with E-state index in [0.29, 0.717) is 39.3 Å². The van der Waals surface area contributed by atoms with Crippen molar-refractivity contribution in [3.63, 3.8) is 0 Å². The quantitative estimate of drug-likeness (QED) is 0.269. The number of hydrazone groups is 1. The summed E-state index contributed by atoms with van der Waals surface area (Å²) in [6.45, 7) is 3.96. The number of rotatable bonds is 10. The van der Waals surface area contributed by atoms with Crippen LogP contribution in [0.15, 0.2) is 71.8 Å². The van der Waals surface area contributed by atoms with Crippen molar-refractivity contribution in [1.29, 1.82) is 0 Å². The predicted octanol–water partition coefficient (Wildman–Crippen LogP) is 5.49. The predicted molar refractivity (Wildman–Crippen MR) is 142 cm³/mol. The lowest BCUT2D eigenvalue weighted by Gasteiger charge is -2.20. The fourth-order valence-electron chi connectivity index (χ4n) is 3.28. The maximum absolute atomic E-state index is 12.8. The monoisotopic (exact) mass is 527 g/mol. The fraction of sp³-hybridized carbons (Fsp3) is 0.222. The van der Waals surface area contributed by atoms with Gasteiger partial charge >= 0.3 is 0 Å². The van der Waals surface area contributed by atoms with E-state index in [4.69, 9.17) is 32.7 Å². The number of benzene rings is 3. The third kappa shape index (κ3) is 7.73. The van der Waals surface area contributed by atoms with Crippen molar-refractivity contribution in [2.45, 2.75) is 26.5 Å². The molecule has 1 unspecified atom stereocenters. The first-order valence-electron chi connectivity index (χ1n) is 11.2. The highest BCUT2D eigenvalue weighted by atomic mass is 35.5. The lowest BCUT2D eigenvalue weighted by atomic mass is 10.0. The van der Waals surface area contributed by atoms with E-state index in [1.165, 1.54) is 6.21 Å². The van der Waals surface area contributed by atoms with Crippen molar-refractivity contribution >= 4 is 41.2 Å². The van der Waals surface area contributed by atoms with Crippen molar-refractivity contribution in [2.24, 2.45) is 11.0 Å². The number of hydrogen-bond acceptors (Lipinski definition) is 5. The van der Waals surface area contributed by atoms with Gasteiger partial charge in [0.2, 0.25) is 0 Å². The van der Waals surface area contributed by atoms with Crippen LogP contribution in [0, 0.1) is 5.92 Å². The molecule has 7 nitrogen and oxygen atoms in total. The Hall–Kier alpha value is -3.55. The largest absolute Gasteiger partial charge is 0.497 e. The van der Waals surface area contributed by atoms with Gasteiger partial charge in [-0.05, 0) is 66.1 Å². The van der Waals surface area contributed by atoms with Crippen LogP contribution < -0.4 is 20.2 Å². The summed E-state index contributed by atoms with van der Waals surface area (Å²) in [7, 11) is 1.55. The Morgan fingerprint density at radius 1 is 1.00 bits per heavy atom. The first-order chi connectivity index (χ1) is 17.3. The van der Waals surface area contributed by atoms with Gasteiger partial charge in [0, 0.05) is 21.2 Å². The minimum Gasteiger partial charge on any atom is -0.497 e. The maximum Gasteiger partial charge on any atom is 0.262 e. The molecule has 0 bridgehead atoms. The molecule has 0 aliphatic rings. The second-order valence-corrected chi connectivity index (χ2v) is 9.13. The van der Waals surface area contributed by atoms with Crippen molar-refractivity contribution < 1.29 is 19.1 Å². The fourth-order valence-corrected chi connectivity index (χ4v) is 3.67. The van der Waals surface area contributed by atoms with Gasteiger partial charge in [-0.15, -0.1) is 0 Å². The Morgan fingerprint density at radius 3 is 2.39 bits per heavy atom. The van der Waals surface area contributed by atoms with E-state index in [9.17, 15) is 9.59 Å². The summed E-state index contributed by atoms with van der Waals surface area (Å²) >= 11 is 12.2. The van der Waals surface area contributed by atoms with Gasteiger partial charge in [-0.1, -0.05) is 49.2 Å². The number of amides is 2. The van der Waals surface area contributed by atoms with Gasteiger partial charge in [-0.3, -0.25) is 9.59 Å². The molecule has 0 heterocycles. The summed E-state index contributed by atoms with van der Waals surface area (Å²) in [4.78, 5) is 25.4. The van der Waals surface area contributed by atoms with E-state index in [-0.39, 0.29) is 11.8 Å². The molecule has 188 valence electrons. The number of halogens is 2. The number of hydrogen-bond donors (Lipinski definition) is 2. The SMILES string of the molecule is COc1ccc(C(=O)NC(C(=O)NN=Cc2cc(Cl)ccc2OCc2cccc(Cl)c2)C(C)C)cc1. The van der Waals surface area contributed by atoms with Crippen molar-refractivity contribution in [3.8, 4) is 11.5 Å². The maximum atomic E-state index is 12.8. The molecule has 9 heteroatoms. The smallest absolute Gasteiger partial charge is 0.262 e. The van der Waals surface area contributed by atoms with Crippen LogP contribution in [-0.2, 0) is 11.4 Å². The van der Waals surface area contributed by atoms with Crippen LogP contribution in [0.4, 0.5) is 0 Å². The number of carbonyl (C=O) groups is 2. The molecule has 0 saturated carbocycles. The van der Waals surface area contributed by atoms with E-state index in [0.717, 1.165) is 5.56 Å². The zero-order chi connectivity index (χ0) is 26.1. The highest BCUT2D eigenvalue weighted by molar-refractivity contribution is 6.31. The van der Waals surface area contributed by atoms with Gasteiger partial charge in [0.05, 0.1) is 13.3 Å². The standard InChI is InChI=1S/C27H27Cl2N3O4/c1-17(2)25(31-26(33)19-7-10-23(35-3)11-8-19)27(34)32-30-15-20-14-22(29)9-12-24(20)36-16-18-5-4-6-21(28)13-18/h4-15,17,25H,16H2,1-3H3,(H,31,33)(H,32,34). The van der Waals surface area contributed by atoms with E-state index in [1.54, 1.807) is 55.6 Å². The van der Waals surface area contributed by atoms with E-state index >= 15 is 0 Å². The molecule has 36 heavy (non-hydrogen) atoms. The molecule has 2 N–H and O–H groups in total. The minimum atomic E-state index is -0.797. The molecular weight excluding hydrogens is 501 g/mol. The molecule has 3 aromatic rings. The normalized spacial score (nSPS) is 11.8. The van der Waals surface area contributed by atoms with E-state index in [1.807, 2.05) is 32.0 Å². The molecule has 3 rings (SSSR count). The summed E-state index contributed by atoms with van der Waals surface area (Å²) in [5.41, 5.74) is 4.39. The van der Waals surface area contributed by atoms with Crippen LogP contribution in [0.3, 0.4) is 0 Å². The molecular formula is C27H27Cl2N3O4. The molecule has 0 aromatic heterocycles. The molecule has 0 fully saturated rings. The van der Waals surface area contributed by atoms with Crippen molar-refractivity contribution in [2.75, 3.05) is 7.11 Å². The lowest BCUT2D eigenvalue weighted by Crippen LogP contribution is -2.48. The number of ether oxygens (including phenoxy) is 2. The third-order valence-electron chi connectivity index (χ3n) is 5.22. The Morgan fingerprint density at radius 2 is 1.72 bits per heavy atom. The van der Waals surface area contributed by atoms with Gasteiger partial charge in [0.15, 0.2) is 0 Å². The zero-order valence-corrected chi connectivity index (χ0v) is 21.6. The minimum absolute atomic E-state index is 0.176. The molecule has 0 saturated heterocycles. The Kier molecular flexibility index (Phi) is 9.73. The van der Waals surface area contributed by atoms with Crippen LogP contribution in [0.1, 0.15) is 35.3 Å². The van der Waals surface area contributed by atoms with Crippen LogP contribution >= 0.6 is 23.2 Å². The summed E-state index contributed by atoms with van der Waals surface area (Å²) in [6.07, 6.45) is 1.44.